The number of rotatable bonds is 6. The first-order chi connectivity index (χ1) is 17.9. The van der Waals surface area contributed by atoms with Gasteiger partial charge in [0.15, 0.2) is 5.96 Å². The van der Waals surface area contributed by atoms with Crippen LogP contribution in [0.1, 0.15) is 42.5 Å². The van der Waals surface area contributed by atoms with Gasteiger partial charge < -0.3 is 26.0 Å². The van der Waals surface area contributed by atoms with E-state index in [-0.39, 0.29) is 23.7 Å². The lowest BCUT2D eigenvalue weighted by atomic mass is 9.83. The Labute approximate surface area is 223 Å². The Bertz CT molecular complexity index is 929. The summed E-state index contributed by atoms with van der Waals surface area (Å²) in [6.45, 7) is 3.89. The summed E-state index contributed by atoms with van der Waals surface area (Å²) in [6.07, 6.45) is 7.03. The van der Waals surface area contributed by atoms with E-state index in [1.165, 1.54) is 0 Å². The van der Waals surface area contributed by atoms with Gasteiger partial charge in [-0.3, -0.25) is 24.1 Å². The second kappa shape index (κ2) is 13.8. The molecular weight excluding hydrogens is 492 g/mol. The first-order valence-electron chi connectivity index (χ1n) is 12.9. The Balaban J connectivity index is 0.00000186. The van der Waals surface area contributed by atoms with Gasteiger partial charge in [-0.2, -0.15) is 0 Å². The lowest BCUT2D eigenvalue weighted by Crippen LogP contribution is -2.49. The Morgan fingerprint density at radius 2 is 1.68 bits per heavy atom. The molecule has 0 aliphatic carbocycles. The summed E-state index contributed by atoms with van der Waals surface area (Å²) in [6, 6.07) is 6.28. The van der Waals surface area contributed by atoms with E-state index in [1.54, 1.807) is 41.1 Å². The van der Waals surface area contributed by atoms with Crippen molar-refractivity contribution in [1.82, 2.24) is 14.1 Å². The lowest BCUT2D eigenvalue weighted by Gasteiger charge is -2.35. The van der Waals surface area contributed by atoms with Crippen LogP contribution in [0.25, 0.3) is 0 Å². The summed E-state index contributed by atoms with van der Waals surface area (Å²) < 4.78 is 2.38. The van der Waals surface area contributed by atoms with Crippen molar-refractivity contribution in [3.8, 4) is 0 Å². The molecule has 5 N–H and O–H groups in total. The third kappa shape index (κ3) is 7.24. The zero-order valence-electron chi connectivity index (χ0n) is 21.8. The van der Waals surface area contributed by atoms with Crippen LogP contribution in [-0.2, 0) is 9.59 Å². The molecule has 3 heterocycles. The van der Waals surface area contributed by atoms with Crippen molar-refractivity contribution in [2.75, 3.05) is 51.4 Å². The van der Waals surface area contributed by atoms with E-state index in [2.05, 4.69) is 15.9 Å². The molecule has 3 aliphatic rings. The van der Waals surface area contributed by atoms with Gasteiger partial charge in [0.1, 0.15) is 12.3 Å². The highest BCUT2D eigenvalue weighted by Gasteiger charge is 2.44. The number of benzene rings is 1. The minimum Gasteiger partial charge on any atom is -0.400 e. The molecule has 0 spiro atoms. The number of aldehydes is 1. The molecule has 204 valence electrons. The fraction of sp³-hybridized carbons (Fsp3) is 0.615. The molecule has 11 heteroatoms. The first-order valence-corrected chi connectivity index (χ1v) is 14.1. The zero-order chi connectivity index (χ0) is 26.9. The van der Waals surface area contributed by atoms with Crippen molar-refractivity contribution >= 4 is 41.7 Å². The quantitative estimate of drug-likeness (QED) is 0.188. The molecule has 2 amide bonds. The average molecular weight is 533 g/mol. The minimum atomic E-state index is -0.498. The molecular formula is C26H40N6O4S. The molecule has 0 radical (unpaired) electrons. The van der Waals surface area contributed by atoms with Crippen LogP contribution in [0.15, 0.2) is 24.3 Å². The van der Waals surface area contributed by atoms with Crippen molar-refractivity contribution in [2.24, 2.45) is 23.5 Å². The van der Waals surface area contributed by atoms with E-state index in [9.17, 15) is 14.4 Å². The smallest absolute Gasteiger partial charge is 0.247 e. The Hall–Kier alpha value is -2.63. The molecule has 0 bridgehead atoms. The van der Waals surface area contributed by atoms with Crippen LogP contribution < -0.4 is 11.1 Å². The number of carbonyl (C=O) groups is 3. The topological polar surface area (TPSA) is 143 Å². The van der Waals surface area contributed by atoms with E-state index in [0.29, 0.717) is 62.0 Å². The van der Waals surface area contributed by atoms with Crippen LogP contribution >= 0.6 is 11.9 Å². The number of amides is 2. The van der Waals surface area contributed by atoms with Crippen molar-refractivity contribution < 1.29 is 19.5 Å². The highest BCUT2D eigenvalue weighted by atomic mass is 32.2. The summed E-state index contributed by atoms with van der Waals surface area (Å²) in [5.74, 6) is 0.610. The van der Waals surface area contributed by atoms with E-state index < -0.39 is 6.04 Å². The Morgan fingerprint density at radius 3 is 2.22 bits per heavy atom. The zero-order valence-corrected chi connectivity index (χ0v) is 22.6. The molecule has 1 aromatic rings. The van der Waals surface area contributed by atoms with Gasteiger partial charge in [0.25, 0.3) is 0 Å². The second-order valence-electron chi connectivity index (χ2n) is 9.83. The van der Waals surface area contributed by atoms with Crippen LogP contribution in [0.2, 0.25) is 0 Å². The van der Waals surface area contributed by atoms with E-state index >= 15 is 0 Å². The molecule has 2 atom stereocenters. The standard InChI is InChI=1S/C25H36N6O3S.CH4O/c1-35-30-12-8-18(9-13-30)20-14-22(23(33)28-21-4-2-17(16-32)3-5-21)31(15-20)24(34)19-6-10-29(11-7-19)25(26)27;1-2/h2-5,16,18-20,22H,6-15H2,1H3,(H3,26,27)(H,28,33);2H,1H3. The molecule has 0 saturated carbocycles. The molecule has 3 aliphatic heterocycles. The lowest BCUT2D eigenvalue weighted by molar-refractivity contribution is -0.141. The Kier molecular flexibility index (Phi) is 10.8. The predicted molar refractivity (Wildman–Crippen MR) is 146 cm³/mol. The number of guanidine groups is 1. The minimum absolute atomic E-state index is 0.0478. The number of anilines is 1. The number of nitrogens with two attached hydrogens (primary N) is 1. The van der Waals surface area contributed by atoms with Gasteiger partial charge in [-0.15, -0.1) is 0 Å². The number of nitrogens with zero attached hydrogens (tertiary/aromatic N) is 3. The summed E-state index contributed by atoms with van der Waals surface area (Å²) in [7, 11) is 1.00. The summed E-state index contributed by atoms with van der Waals surface area (Å²) in [5.41, 5.74) is 6.80. The Morgan fingerprint density at radius 1 is 1.05 bits per heavy atom. The van der Waals surface area contributed by atoms with Gasteiger partial charge in [0, 0.05) is 57.0 Å². The maximum Gasteiger partial charge on any atom is 0.247 e. The third-order valence-electron chi connectivity index (χ3n) is 7.84. The van der Waals surface area contributed by atoms with E-state index in [1.807, 2.05) is 4.90 Å². The SMILES string of the molecule is CO.CSN1CCC(C2CC(C(=O)Nc3ccc(C=O)cc3)N(C(=O)C3CCN(C(=N)N)CC3)C2)CC1. The van der Waals surface area contributed by atoms with Crippen molar-refractivity contribution in [2.45, 2.75) is 38.1 Å². The van der Waals surface area contributed by atoms with Gasteiger partial charge in [0.2, 0.25) is 11.8 Å². The summed E-state index contributed by atoms with van der Waals surface area (Å²) >= 11 is 1.78. The molecule has 0 aromatic heterocycles. The number of likely N-dealkylation sites (tertiary alicyclic amines) is 2. The fourth-order valence-corrected chi connectivity index (χ4v) is 6.28. The van der Waals surface area contributed by atoms with Crippen LogP contribution in [0.4, 0.5) is 5.69 Å². The molecule has 1 aromatic carbocycles. The largest absolute Gasteiger partial charge is 0.400 e. The first kappa shape index (κ1) is 28.9. The maximum absolute atomic E-state index is 13.6. The van der Waals surface area contributed by atoms with E-state index in [0.717, 1.165) is 39.3 Å². The van der Waals surface area contributed by atoms with Gasteiger partial charge in [0.05, 0.1) is 0 Å². The predicted octanol–water partition coefficient (Wildman–Crippen LogP) is 1.86. The number of aliphatic hydroxyl groups is 1. The normalized spacial score (nSPS) is 23.2. The van der Waals surface area contributed by atoms with Gasteiger partial charge in [-0.25, -0.2) is 0 Å². The van der Waals surface area contributed by atoms with Crippen LogP contribution in [-0.4, -0.2) is 95.4 Å². The van der Waals surface area contributed by atoms with Gasteiger partial charge in [-0.05, 0) is 74.5 Å². The number of aliphatic hydroxyl groups excluding tert-OH is 1. The summed E-state index contributed by atoms with van der Waals surface area (Å²) in [4.78, 5) is 41.6. The van der Waals surface area contributed by atoms with E-state index in [4.69, 9.17) is 16.2 Å². The average Bonchev–Trinajstić information content (AvgIpc) is 3.40. The van der Waals surface area contributed by atoms with Crippen LogP contribution in [0.5, 0.6) is 0 Å². The van der Waals surface area contributed by atoms with Gasteiger partial charge in [-0.1, -0.05) is 11.9 Å². The molecule has 4 rings (SSSR count). The van der Waals surface area contributed by atoms with Gasteiger partial charge >= 0.3 is 0 Å². The maximum atomic E-state index is 13.6. The molecule has 2 unspecified atom stereocenters. The van der Waals surface area contributed by atoms with Crippen LogP contribution in [0.3, 0.4) is 0 Å². The monoisotopic (exact) mass is 532 g/mol. The van der Waals surface area contributed by atoms with Crippen molar-refractivity contribution in [3.63, 3.8) is 0 Å². The number of carbonyl (C=O) groups excluding carboxylic acids is 3. The highest BCUT2D eigenvalue weighted by molar-refractivity contribution is 7.96. The summed E-state index contributed by atoms with van der Waals surface area (Å²) in [5, 5.41) is 17.6. The fourth-order valence-electron chi connectivity index (χ4n) is 5.70. The number of nitrogens with one attached hydrogen (secondary N) is 2. The number of hydrogen-bond acceptors (Lipinski definition) is 7. The molecule has 3 saturated heterocycles. The molecule has 10 nitrogen and oxygen atoms in total. The highest BCUT2D eigenvalue weighted by Crippen LogP contribution is 2.37. The van der Waals surface area contributed by atoms with Crippen molar-refractivity contribution in [1.29, 1.82) is 5.41 Å². The molecule has 3 fully saturated rings. The van der Waals surface area contributed by atoms with Crippen LogP contribution in [0, 0.1) is 23.2 Å². The molecule has 37 heavy (non-hydrogen) atoms. The second-order valence-corrected chi connectivity index (χ2v) is 10.7. The van der Waals surface area contributed by atoms with Crippen molar-refractivity contribution in [3.05, 3.63) is 29.8 Å². The third-order valence-corrected chi connectivity index (χ3v) is 8.72. The number of piperidine rings is 2. The number of hydrogen-bond donors (Lipinski definition) is 4.